The van der Waals surface area contributed by atoms with Gasteiger partial charge in [0.25, 0.3) is 5.91 Å². The smallest absolute Gasteiger partial charge is 0.318 e. The van der Waals surface area contributed by atoms with Crippen molar-refractivity contribution in [2.24, 2.45) is 11.3 Å². The second-order valence-electron chi connectivity index (χ2n) is 14.8. The van der Waals surface area contributed by atoms with Crippen molar-refractivity contribution in [3.63, 3.8) is 0 Å². The van der Waals surface area contributed by atoms with E-state index in [1.54, 1.807) is 49.9 Å². The zero-order valence-corrected chi connectivity index (χ0v) is 29.7. The van der Waals surface area contributed by atoms with Gasteiger partial charge in [-0.2, -0.15) is 4.80 Å². The highest BCUT2D eigenvalue weighted by molar-refractivity contribution is 7.91. The molecule has 51 heavy (non-hydrogen) atoms. The van der Waals surface area contributed by atoms with Crippen LogP contribution < -0.4 is 20.1 Å². The minimum absolute atomic E-state index is 0.0929. The van der Waals surface area contributed by atoms with Crippen LogP contribution in [-0.2, 0) is 24.4 Å². The summed E-state index contributed by atoms with van der Waals surface area (Å²) in [6, 6.07) is 3.35. The van der Waals surface area contributed by atoms with E-state index in [1.165, 1.54) is 16.8 Å². The lowest BCUT2D eigenvalue weighted by molar-refractivity contribution is -0.142. The molecule has 4 aliphatic rings. The number of carbonyl (C=O) groups is 4. The molecule has 0 spiro atoms. The van der Waals surface area contributed by atoms with Gasteiger partial charge in [-0.25, -0.2) is 22.0 Å². The molecule has 5 amide bonds. The number of hydrogen-bond donors (Lipinski definition) is 3. The Hall–Kier alpha value is -4.42. The van der Waals surface area contributed by atoms with Crippen molar-refractivity contribution in [2.45, 2.75) is 94.6 Å². The van der Waals surface area contributed by atoms with E-state index < -0.39 is 86.9 Å². The number of nitrogens with zero attached hydrogens (tertiary/aromatic N) is 6. The molecular weight excluding hydrogens is 692 g/mol. The van der Waals surface area contributed by atoms with Gasteiger partial charge in [0.05, 0.1) is 24.3 Å². The first kappa shape index (κ1) is 36.4. The summed E-state index contributed by atoms with van der Waals surface area (Å²) in [5.41, 5.74) is -2.39. The topological polar surface area (TPSA) is 198 Å². The number of methoxy groups -OCH3 is 1. The van der Waals surface area contributed by atoms with Crippen molar-refractivity contribution in [1.29, 1.82) is 0 Å². The van der Waals surface area contributed by atoms with Gasteiger partial charge in [0, 0.05) is 31.6 Å². The molecule has 2 aliphatic carbocycles. The fourth-order valence-corrected chi connectivity index (χ4v) is 8.06. The van der Waals surface area contributed by atoms with E-state index in [0.717, 1.165) is 12.8 Å². The molecule has 5 atom stereocenters. The Balaban J connectivity index is 1.29. The summed E-state index contributed by atoms with van der Waals surface area (Å²) in [7, 11) is -2.58. The zero-order valence-electron chi connectivity index (χ0n) is 28.8. The summed E-state index contributed by atoms with van der Waals surface area (Å²) in [5, 5.41) is 17.3. The maximum absolute atomic E-state index is 14.4. The van der Waals surface area contributed by atoms with Crippen LogP contribution in [0.2, 0.25) is 0 Å². The number of aromatic nitrogens is 4. The Kier molecular flexibility index (Phi) is 9.71. The molecule has 6 rings (SSSR count). The Morgan fingerprint density at radius 2 is 1.73 bits per heavy atom. The monoisotopic (exact) mass is 735 g/mol. The molecule has 19 heteroatoms. The van der Waals surface area contributed by atoms with E-state index in [9.17, 15) is 36.4 Å². The van der Waals surface area contributed by atoms with Crippen molar-refractivity contribution in [1.82, 2.24) is 45.4 Å². The highest BCUT2D eigenvalue weighted by Crippen LogP contribution is 2.48. The third-order valence-corrected chi connectivity index (χ3v) is 11.8. The number of carbonyl (C=O) groups excluding carboxylic acids is 4. The standard InChI is InChI=1S/C32H43F2N9O7S/c1-31(2,3)24(35-30(47)41-13-5-6-14-41)28(45)42-17-19(43-38-26(37-40-43)18-7-9-20(50-4)10-8-18)15-23(42)27(44)36-32(16-22(32)25(33)34)29(46)39-51(48,49)21-11-12-21/h7-10,19,21-25H,5-6,11-17H2,1-4H3,(H,35,47)(H,36,44)(H,39,46)/t19-,22+,23?,24-,32-/m1/s1. The fourth-order valence-electron chi connectivity index (χ4n) is 6.70. The summed E-state index contributed by atoms with van der Waals surface area (Å²) in [4.78, 5) is 59.2. The van der Waals surface area contributed by atoms with E-state index in [1.807, 2.05) is 4.72 Å². The molecule has 3 N–H and O–H groups in total. The number of nitrogens with one attached hydrogen (secondary N) is 3. The molecule has 16 nitrogen and oxygen atoms in total. The normalized spacial score (nSPS) is 25.4. The van der Waals surface area contributed by atoms with Gasteiger partial charge in [0.15, 0.2) is 0 Å². The third kappa shape index (κ3) is 7.48. The molecule has 1 aromatic heterocycles. The lowest BCUT2D eigenvalue weighted by atomic mass is 9.85. The molecule has 0 radical (unpaired) electrons. The minimum atomic E-state index is -4.11. The zero-order chi connectivity index (χ0) is 36.9. The van der Waals surface area contributed by atoms with E-state index in [2.05, 4.69) is 26.0 Å². The van der Waals surface area contributed by atoms with Crippen LogP contribution in [0.4, 0.5) is 13.6 Å². The summed E-state index contributed by atoms with van der Waals surface area (Å²) in [6.07, 6.45) is -1.28. The molecule has 1 unspecified atom stereocenters. The van der Waals surface area contributed by atoms with Gasteiger partial charge in [0.2, 0.25) is 34.1 Å². The lowest BCUT2D eigenvalue weighted by Gasteiger charge is -2.36. The number of amides is 5. The number of sulfonamides is 1. The molecule has 2 saturated carbocycles. The third-order valence-electron chi connectivity index (χ3n) is 10.0. The number of alkyl halides is 2. The van der Waals surface area contributed by atoms with Crippen LogP contribution in [0.5, 0.6) is 5.75 Å². The molecular formula is C32H43F2N9O7S. The van der Waals surface area contributed by atoms with E-state index in [4.69, 9.17) is 4.74 Å². The van der Waals surface area contributed by atoms with Gasteiger partial charge in [-0.1, -0.05) is 20.8 Å². The van der Waals surface area contributed by atoms with Crippen LogP contribution in [0.15, 0.2) is 24.3 Å². The quantitative estimate of drug-likeness (QED) is 0.304. The van der Waals surface area contributed by atoms with E-state index in [-0.39, 0.29) is 18.8 Å². The van der Waals surface area contributed by atoms with Gasteiger partial charge in [-0.05, 0) is 67.0 Å². The Morgan fingerprint density at radius 1 is 1.06 bits per heavy atom. The summed E-state index contributed by atoms with van der Waals surface area (Å²) in [6.45, 7) is 6.25. The number of benzene rings is 1. The van der Waals surface area contributed by atoms with Crippen LogP contribution in [-0.4, -0.2) is 118 Å². The number of urea groups is 1. The number of hydrogen-bond acceptors (Lipinski definition) is 10. The number of rotatable bonds is 11. The first-order valence-corrected chi connectivity index (χ1v) is 18.5. The average Bonchev–Trinajstić information content (AvgIpc) is 3.84. The predicted octanol–water partition coefficient (Wildman–Crippen LogP) is 1.46. The molecule has 3 heterocycles. The number of ether oxygens (including phenoxy) is 1. The highest BCUT2D eigenvalue weighted by atomic mass is 32.2. The van der Waals surface area contributed by atoms with Gasteiger partial charge in [0.1, 0.15) is 23.4 Å². The summed E-state index contributed by atoms with van der Waals surface area (Å²) >= 11 is 0. The molecule has 2 saturated heterocycles. The Labute approximate surface area is 294 Å². The maximum Gasteiger partial charge on any atom is 0.318 e. The second kappa shape index (κ2) is 13.6. The number of tetrazole rings is 1. The Bertz CT molecular complexity index is 1770. The number of halogens is 2. The van der Waals surface area contributed by atoms with Gasteiger partial charge in [-0.15, -0.1) is 10.2 Å². The first-order chi connectivity index (χ1) is 24.0. The molecule has 0 bridgehead atoms. The molecule has 278 valence electrons. The van der Waals surface area contributed by atoms with Crippen LogP contribution in [0.1, 0.15) is 65.3 Å². The van der Waals surface area contributed by atoms with Gasteiger partial charge >= 0.3 is 6.03 Å². The molecule has 2 aromatic rings. The van der Waals surface area contributed by atoms with Crippen LogP contribution in [0.25, 0.3) is 11.4 Å². The van der Waals surface area contributed by atoms with Crippen LogP contribution in [0, 0.1) is 11.3 Å². The second-order valence-corrected chi connectivity index (χ2v) is 16.7. The largest absolute Gasteiger partial charge is 0.497 e. The van der Waals surface area contributed by atoms with Crippen LogP contribution >= 0.6 is 0 Å². The summed E-state index contributed by atoms with van der Waals surface area (Å²) in [5.74, 6) is -3.53. The maximum atomic E-state index is 14.4. The molecule has 2 aliphatic heterocycles. The van der Waals surface area contributed by atoms with Crippen molar-refractivity contribution >= 4 is 33.8 Å². The van der Waals surface area contributed by atoms with E-state index in [0.29, 0.717) is 37.2 Å². The van der Waals surface area contributed by atoms with Crippen molar-refractivity contribution in [3.8, 4) is 17.1 Å². The van der Waals surface area contributed by atoms with Crippen molar-refractivity contribution in [3.05, 3.63) is 24.3 Å². The fraction of sp³-hybridized carbons (Fsp3) is 0.656. The average molecular weight is 736 g/mol. The lowest BCUT2D eigenvalue weighted by Crippen LogP contribution is -2.61. The van der Waals surface area contributed by atoms with E-state index >= 15 is 0 Å². The van der Waals surface area contributed by atoms with Gasteiger partial charge in [-0.3, -0.25) is 19.1 Å². The first-order valence-electron chi connectivity index (χ1n) is 17.0. The minimum Gasteiger partial charge on any atom is -0.497 e. The highest BCUT2D eigenvalue weighted by Gasteiger charge is 2.67. The molecule has 1 aromatic carbocycles. The van der Waals surface area contributed by atoms with Crippen molar-refractivity contribution in [2.75, 3.05) is 26.7 Å². The van der Waals surface area contributed by atoms with Crippen LogP contribution in [0.3, 0.4) is 0 Å². The Morgan fingerprint density at radius 3 is 2.29 bits per heavy atom. The summed E-state index contributed by atoms with van der Waals surface area (Å²) < 4.78 is 60.3. The SMILES string of the molecule is COc1ccc(-c2nnn([C@@H]3CC(C(=O)N[C@]4(C(=O)NS(=O)(=O)C5CC5)C[C@H]4C(F)F)N(C(=O)[C@@H](NC(=O)N4CCCC4)C(C)(C)C)C3)n2)cc1. The molecule has 4 fully saturated rings. The van der Waals surface area contributed by atoms with Crippen molar-refractivity contribution < 1.29 is 41.1 Å². The predicted molar refractivity (Wildman–Crippen MR) is 177 cm³/mol. The van der Waals surface area contributed by atoms with Gasteiger partial charge < -0.3 is 25.2 Å². The number of likely N-dealkylation sites (tertiary alicyclic amines) is 2.